The maximum atomic E-state index is 14.4. The van der Waals surface area contributed by atoms with Crippen molar-refractivity contribution in [2.45, 2.75) is 193 Å². The van der Waals surface area contributed by atoms with Crippen LogP contribution in [0, 0.1) is 23.7 Å². The molecule has 0 aromatic rings. The molecule has 0 spiro atoms. The Morgan fingerprint density at radius 2 is 1.40 bits per heavy atom. The van der Waals surface area contributed by atoms with Gasteiger partial charge in [0.05, 0.1) is 48.1 Å². The summed E-state index contributed by atoms with van der Waals surface area (Å²) in [5.41, 5.74) is -4.37. The Morgan fingerprint density at radius 3 is 1.91 bits per heavy atom. The third kappa shape index (κ3) is 11.1. The third-order valence-electron chi connectivity index (χ3n) is 12.8. The molecule has 0 radical (unpaired) electrons. The van der Waals surface area contributed by atoms with E-state index in [0.717, 1.165) is 0 Å². The molecule has 0 aliphatic carbocycles. The number of aliphatic hydroxyl groups is 2. The molecule has 0 bridgehead atoms. The SMILES string of the molecule is CCC1OC(=O)[C@H](C)[C@@H](O[C@H]2C[C@@](C)(OC)[C@@H](OC(C)=O)[C@H](C)O2)[C@H](C)[C@@H](O[C@@H]2O[C@H](C)C[C@H](N(C)C)[C@H]2OC(C)=O)[C@](C)(OC)C[C@@H](C)C(=O)[C@H](C)[C@@H](O)[C@]1(C)O. The predicted octanol–water partition coefficient (Wildman–Crippen LogP) is 3.58. The molecule has 2 N–H and O–H groups in total. The number of ketones is 1. The first-order valence-corrected chi connectivity index (χ1v) is 20.7. The van der Waals surface area contributed by atoms with E-state index in [2.05, 4.69) is 0 Å². The van der Waals surface area contributed by atoms with E-state index >= 15 is 0 Å². The van der Waals surface area contributed by atoms with Gasteiger partial charge in [0.2, 0.25) is 0 Å². The van der Waals surface area contributed by atoms with Crippen LogP contribution in [-0.4, -0.2) is 151 Å². The zero-order valence-corrected chi connectivity index (χ0v) is 37.6. The monoisotopic (exact) mass is 831 g/mol. The molecule has 18 atom stereocenters. The first-order valence-electron chi connectivity index (χ1n) is 20.7. The minimum atomic E-state index is -2.00. The Balaban J connectivity index is 2.28. The van der Waals surface area contributed by atoms with Gasteiger partial charge in [-0.3, -0.25) is 19.2 Å². The van der Waals surface area contributed by atoms with Gasteiger partial charge in [0.15, 0.2) is 24.8 Å². The van der Waals surface area contributed by atoms with E-state index in [1.54, 1.807) is 48.5 Å². The number of hydrogen-bond acceptors (Lipinski definition) is 16. The Hall–Kier alpha value is -2.28. The van der Waals surface area contributed by atoms with Crippen LogP contribution < -0.4 is 0 Å². The molecular formula is C42H73NO15. The van der Waals surface area contributed by atoms with E-state index in [4.69, 9.17) is 42.6 Å². The summed E-state index contributed by atoms with van der Waals surface area (Å²) < 4.78 is 56.4. The van der Waals surface area contributed by atoms with Gasteiger partial charge < -0.3 is 57.7 Å². The van der Waals surface area contributed by atoms with E-state index in [-0.39, 0.29) is 37.2 Å². The number of carbonyl (C=O) groups excluding carboxylic acids is 4. The van der Waals surface area contributed by atoms with Crippen molar-refractivity contribution in [1.82, 2.24) is 4.90 Å². The molecule has 0 aromatic carbocycles. The second-order valence-corrected chi connectivity index (χ2v) is 17.8. The van der Waals surface area contributed by atoms with E-state index in [1.165, 1.54) is 35.0 Å². The van der Waals surface area contributed by atoms with Gasteiger partial charge in [0.1, 0.15) is 23.1 Å². The van der Waals surface area contributed by atoms with Crippen LogP contribution in [0.5, 0.6) is 0 Å². The molecule has 16 nitrogen and oxygen atoms in total. The molecule has 3 saturated heterocycles. The normalized spacial score (nSPS) is 44.9. The van der Waals surface area contributed by atoms with Crippen LogP contribution in [0.25, 0.3) is 0 Å². The average Bonchev–Trinajstić information content (AvgIpc) is 3.14. The van der Waals surface area contributed by atoms with E-state index in [0.29, 0.717) is 6.42 Å². The largest absolute Gasteiger partial charge is 0.459 e. The van der Waals surface area contributed by atoms with Crippen molar-refractivity contribution >= 4 is 23.7 Å². The van der Waals surface area contributed by atoms with Crippen molar-refractivity contribution in [2.24, 2.45) is 23.7 Å². The highest BCUT2D eigenvalue weighted by Crippen LogP contribution is 2.42. The minimum Gasteiger partial charge on any atom is -0.459 e. The summed E-state index contributed by atoms with van der Waals surface area (Å²) in [4.78, 5) is 55.1. The van der Waals surface area contributed by atoms with E-state index in [1.807, 2.05) is 32.8 Å². The number of esters is 3. The molecule has 0 saturated carbocycles. The molecule has 16 heteroatoms. The maximum Gasteiger partial charge on any atom is 0.311 e. The molecule has 0 aromatic heterocycles. The van der Waals surface area contributed by atoms with Crippen LogP contribution in [0.4, 0.5) is 0 Å². The number of nitrogens with zero attached hydrogens (tertiary/aromatic N) is 1. The highest BCUT2D eigenvalue weighted by molar-refractivity contribution is 5.83. The maximum absolute atomic E-state index is 14.4. The third-order valence-corrected chi connectivity index (χ3v) is 12.8. The van der Waals surface area contributed by atoms with Gasteiger partial charge in [-0.05, 0) is 74.9 Å². The zero-order valence-electron chi connectivity index (χ0n) is 37.6. The van der Waals surface area contributed by atoms with Crippen molar-refractivity contribution in [2.75, 3.05) is 28.3 Å². The number of Topliss-reactive ketones (excluding diaryl/α,β-unsaturated/α-hetero) is 1. The number of hydrogen-bond donors (Lipinski definition) is 2. The molecule has 1 unspecified atom stereocenters. The number of methoxy groups -OCH3 is 2. The average molecular weight is 832 g/mol. The van der Waals surface area contributed by atoms with Crippen molar-refractivity contribution in [3.8, 4) is 0 Å². The first kappa shape index (κ1) is 50.1. The second-order valence-electron chi connectivity index (χ2n) is 17.8. The summed E-state index contributed by atoms with van der Waals surface area (Å²) in [6.45, 7) is 19.6. The number of rotatable bonds is 10. The molecule has 3 rings (SSSR count). The summed E-state index contributed by atoms with van der Waals surface area (Å²) in [6, 6.07) is -0.295. The van der Waals surface area contributed by atoms with Gasteiger partial charge in [-0.25, -0.2) is 0 Å². The van der Waals surface area contributed by atoms with Crippen molar-refractivity contribution in [1.29, 1.82) is 0 Å². The van der Waals surface area contributed by atoms with Crippen LogP contribution in [-0.2, 0) is 61.8 Å². The Morgan fingerprint density at radius 1 is 0.828 bits per heavy atom. The van der Waals surface area contributed by atoms with Crippen LogP contribution in [0.1, 0.15) is 109 Å². The lowest BCUT2D eigenvalue weighted by molar-refractivity contribution is -0.320. The van der Waals surface area contributed by atoms with Crippen molar-refractivity contribution < 1.29 is 72.0 Å². The van der Waals surface area contributed by atoms with E-state index in [9.17, 15) is 29.4 Å². The van der Waals surface area contributed by atoms with Gasteiger partial charge in [-0.2, -0.15) is 0 Å². The summed E-state index contributed by atoms with van der Waals surface area (Å²) >= 11 is 0. The van der Waals surface area contributed by atoms with Crippen LogP contribution in [0.2, 0.25) is 0 Å². The van der Waals surface area contributed by atoms with Crippen molar-refractivity contribution in [3.05, 3.63) is 0 Å². The number of aliphatic hydroxyl groups excluding tert-OH is 1. The second kappa shape index (κ2) is 20.1. The van der Waals surface area contributed by atoms with Crippen molar-refractivity contribution in [3.63, 3.8) is 0 Å². The fourth-order valence-corrected chi connectivity index (χ4v) is 9.27. The fraction of sp³-hybridized carbons (Fsp3) is 0.905. The summed E-state index contributed by atoms with van der Waals surface area (Å²) in [5, 5.41) is 23.3. The Labute approximate surface area is 345 Å². The van der Waals surface area contributed by atoms with Crippen LogP contribution >= 0.6 is 0 Å². The molecule has 3 heterocycles. The van der Waals surface area contributed by atoms with Gasteiger partial charge in [-0.15, -0.1) is 0 Å². The highest BCUT2D eigenvalue weighted by Gasteiger charge is 2.55. The lowest BCUT2D eigenvalue weighted by atomic mass is 9.74. The predicted molar refractivity (Wildman–Crippen MR) is 210 cm³/mol. The molecule has 3 fully saturated rings. The Kier molecular flexibility index (Phi) is 17.3. The molecule has 3 aliphatic rings. The number of carbonyl (C=O) groups is 4. The standard InChI is InChI=1S/C42H73NO15/c1-17-30-42(12,49)35(47)23(4)32(46)21(2)19-40(10,50-15)36(58-39-34(54-27(8)44)29(43(13)14)18-22(3)52-39)24(5)33(25(6)38(48)56-30)57-31-20-41(11,51-16)37(26(7)53-31)55-28(9)45/h21-26,29-31,33-37,39,47,49H,17-20H2,1-16H3/t21-,22-,23+,24+,25-,26+,29+,30?,31+,33+,34-,35-,36-,37+,39+,40-,41-,42-/m1/s1. The Bertz CT molecular complexity index is 1410. The lowest BCUT2D eigenvalue weighted by Gasteiger charge is -2.50. The zero-order chi connectivity index (χ0) is 44.2. The molecule has 3 aliphatic heterocycles. The van der Waals surface area contributed by atoms with Crippen LogP contribution in [0.15, 0.2) is 0 Å². The summed E-state index contributed by atoms with van der Waals surface area (Å²) in [6.07, 6.45) is -8.86. The van der Waals surface area contributed by atoms with E-state index < -0.39 is 114 Å². The molecule has 0 amide bonds. The molecule has 58 heavy (non-hydrogen) atoms. The number of likely N-dealkylation sites (N-methyl/N-ethyl adjacent to an activating group) is 1. The number of cyclic esters (lactones) is 1. The minimum absolute atomic E-state index is 0.0691. The topological polar surface area (TPSA) is 195 Å². The molecule has 336 valence electrons. The molecular weight excluding hydrogens is 758 g/mol. The summed E-state index contributed by atoms with van der Waals surface area (Å²) in [7, 11) is 6.76. The highest BCUT2D eigenvalue weighted by atomic mass is 16.7. The van der Waals surface area contributed by atoms with Crippen LogP contribution in [0.3, 0.4) is 0 Å². The summed E-state index contributed by atoms with van der Waals surface area (Å²) in [5.74, 6) is -5.76. The fourth-order valence-electron chi connectivity index (χ4n) is 9.27. The quantitative estimate of drug-likeness (QED) is 0.239. The number of ether oxygens (including phenoxy) is 9. The van der Waals surface area contributed by atoms with Gasteiger partial charge in [0.25, 0.3) is 0 Å². The van der Waals surface area contributed by atoms with Gasteiger partial charge in [0, 0.05) is 52.2 Å². The lowest BCUT2D eigenvalue weighted by Crippen LogP contribution is -2.62. The van der Waals surface area contributed by atoms with Gasteiger partial charge >= 0.3 is 17.9 Å². The van der Waals surface area contributed by atoms with Gasteiger partial charge in [-0.1, -0.05) is 27.7 Å². The smallest absolute Gasteiger partial charge is 0.311 e. The first-order chi connectivity index (χ1) is 26.8.